The molecule has 3 aromatic rings. The van der Waals surface area contributed by atoms with Gasteiger partial charge >= 0.3 is 0 Å². The summed E-state index contributed by atoms with van der Waals surface area (Å²) in [6.07, 6.45) is 0.0730. The van der Waals surface area contributed by atoms with Crippen molar-refractivity contribution in [2.24, 2.45) is 5.73 Å². The molecular weight excluding hydrogens is 392 g/mol. The first kappa shape index (κ1) is 20.4. The fourth-order valence-electron chi connectivity index (χ4n) is 3.72. The zero-order valence-corrected chi connectivity index (χ0v) is 17.7. The van der Waals surface area contributed by atoms with Gasteiger partial charge in [-0.15, -0.1) is 5.10 Å². The van der Waals surface area contributed by atoms with Gasteiger partial charge in [0.05, 0.1) is 29.9 Å². The Morgan fingerprint density at radius 2 is 1.97 bits per heavy atom. The Morgan fingerprint density at radius 1 is 1.19 bits per heavy atom. The smallest absolute Gasteiger partial charge is 0.244 e. The molecule has 1 aromatic heterocycles. The molecule has 158 valence electrons. The summed E-state index contributed by atoms with van der Waals surface area (Å²) >= 11 is 0. The molecule has 7 nitrogen and oxygen atoms in total. The molecule has 0 fully saturated rings. The number of H-pyrrole nitrogens is 1. The molecule has 0 amide bonds. The van der Waals surface area contributed by atoms with Crippen molar-refractivity contribution in [3.63, 3.8) is 0 Å². The Hall–Kier alpha value is -3.92. The number of hydrogen-bond acceptors (Lipinski definition) is 6. The Kier molecular flexibility index (Phi) is 5.54. The number of nitrogens with one attached hydrogen (secondary N) is 1. The van der Waals surface area contributed by atoms with Crippen LogP contribution in [0.5, 0.6) is 17.4 Å². The molecular formula is C24H24N4O3. The lowest BCUT2D eigenvalue weighted by Gasteiger charge is -2.24. The minimum absolute atomic E-state index is 0.0589. The van der Waals surface area contributed by atoms with Crippen LogP contribution in [0, 0.1) is 11.3 Å². The lowest BCUT2D eigenvalue weighted by atomic mass is 9.83. The van der Waals surface area contributed by atoms with Gasteiger partial charge in [0, 0.05) is 5.56 Å². The Bertz CT molecular complexity index is 1160. The van der Waals surface area contributed by atoms with Crippen LogP contribution in [0.1, 0.15) is 37.8 Å². The van der Waals surface area contributed by atoms with E-state index in [9.17, 15) is 5.26 Å². The molecule has 0 saturated heterocycles. The van der Waals surface area contributed by atoms with Gasteiger partial charge in [-0.05, 0) is 50.6 Å². The Labute approximate surface area is 181 Å². The maximum absolute atomic E-state index is 9.86. The summed E-state index contributed by atoms with van der Waals surface area (Å²) in [6, 6.07) is 17.6. The molecule has 0 saturated carbocycles. The van der Waals surface area contributed by atoms with Gasteiger partial charge < -0.3 is 19.9 Å². The van der Waals surface area contributed by atoms with E-state index in [0.717, 1.165) is 33.9 Å². The van der Waals surface area contributed by atoms with Crippen LogP contribution in [0.25, 0.3) is 11.3 Å². The summed E-state index contributed by atoms with van der Waals surface area (Å²) in [5.74, 6) is 1.51. The number of aromatic nitrogens is 2. The van der Waals surface area contributed by atoms with Crippen molar-refractivity contribution in [1.82, 2.24) is 10.2 Å². The van der Waals surface area contributed by atoms with Gasteiger partial charge in [-0.1, -0.05) is 24.3 Å². The van der Waals surface area contributed by atoms with E-state index in [4.69, 9.17) is 19.9 Å². The molecule has 3 N–H and O–H groups in total. The van der Waals surface area contributed by atoms with E-state index >= 15 is 0 Å². The fraction of sp³-hybridized carbons (Fsp3) is 0.250. The quantitative estimate of drug-likeness (QED) is 0.614. The molecule has 1 aliphatic heterocycles. The van der Waals surface area contributed by atoms with Crippen LogP contribution in [0.15, 0.2) is 60.0 Å². The van der Waals surface area contributed by atoms with Crippen LogP contribution in [0.4, 0.5) is 0 Å². The number of ether oxygens (including phenoxy) is 3. The summed E-state index contributed by atoms with van der Waals surface area (Å²) in [5, 5.41) is 17.2. The lowest BCUT2D eigenvalue weighted by Crippen LogP contribution is -2.21. The second kappa shape index (κ2) is 8.44. The number of rotatable bonds is 6. The average Bonchev–Trinajstić information content (AvgIpc) is 3.17. The van der Waals surface area contributed by atoms with Crippen LogP contribution in [-0.4, -0.2) is 22.9 Å². The molecule has 2 aromatic carbocycles. The van der Waals surface area contributed by atoms with Crippen molar-refractivity contribution in [2.45, 2.75) is 32.8 Å². The largest absolute Gasteiger partial charge is 0.494 e. The normalized spacial score (nSPS) is 15.3. The molecule has 1 unspecified atom stereocenters. The summed E-state index contributed by atoms with van der Waals surface area (Å²) < 4.78 is 17.1. The molecule has 0 aliphatic carbocycles. The highest BCUT2D eigenvalue weighted by Gasteiger charge is 2.35. The third-order valence-corrected chi connectivity index (χ3v) is 4.96. The first-order valence-electron chi connectivity index (χ1n) is 10.2. The zero-order chi connectivity index (χ0) is 22.0. The van der Waals surface area contributed by atoms with E-state index in [2.05, 4.69) is 16.3 Å². The van der Waals surface area contributed by atoms with Crippen molar-refractivity contribution in [3.8, 4) is 34.7 Å². The molecule has 0 bridgehead atoms. The van der Waals surface area contributed by atoms with E-state index < -0.39 is 5.92 Å². The number of fused-ring (bicyclic) bond motifs is 1. The number of nitrogens with two attached hydrogens (primary N) is 1. The molecule has 0 spiro atoms. The second-order valence-electron chi connectivity index (χ2n) is 7.44. The number of hydrogen-bond donors (Lipinski definition) is 2. The molecule has 7 heteroatoms. The summed E-state index contributed by atoms with van der Waals surface area (Å²) in [6.45, 7) is 6.46. The predicted molar refractivity (Wildman–Crippen MR) is 117 cm³/mol. The van der Waals surface area contributed by atoms with Crippen molar-refractivity contribution in [3.05, 3.63) is 71.1 Å². The standard InChI is InChI=1S/C24H24N4O3/c1-4-29-18-7-5-6-16(12-18)22-21-20(15-8-10-17(11-9-15)30-14(2)3)19(13-25)23(26)31-24(21)28-27-22/h5-12,14,20H,4,26H2,1-3H3,(H,27,28). The van der Waals surface area contributed by atoms with Gasteiger partial charge in [0.2, 0.25) is 11.8 Å². The van der Waals surface area contributed by atoms with Gasteiger partial charge in [0.15, 0.2) is 0 Å². The molecule has 1 aliphatic rings. The summed E-state index contributed by atoms with van der Waals surface area (Å²) in [4.78, 5) is 0. The van der Waals surface area contributed by atoms with Crippen molar-refractivity contribution < 1.29 is 14.2 Å². The van der Waals surface area contributed by atoms with Gasteiger partial charge in [0.25, 0.3) is 0 Å². The van der Waals surface area contributed by atoms with Gasteiger partial charge in [0.1, 0.15) is 23.1 Å². The third-order valence-electron chi connectivity index (χ3n) is 4.96. The average molecular weight is 416 g/mol. The van der Waals surface area contributed by atoms with E-state index in [1.807, 2.05) is 69.3 Å². The molecule has 2 heterocycles. The van der Waals surface area contributed by atoms with E-state index in [0.29, 0.717) is 18.1 Å². The minimum atomic E-state index is -0.425. The number of nitriles is 1. The Morgan fingerprint density at radius 3 is 2.65 bits per heavy atom. The van der Waals surface area contributed by atoms with Crippen molar-refractivity contribution in [1.29, 1.82) is 5.26 Å². The Balaban J connectivity index is 1.82. The second-order valence-corrected chi connectivity index (χ2v) is 7.44. The monoisotopic (exact) mass is 416 g/mol. The van der Waals surface area contributed by atoms with E-state index in [-0.39, 0.29) is 12.0 Å². The number of benzene rings is 2. The van der Waals surface area contributed by atoms with Gasteiger partial charge in [-0.3, -0.25) is 5.10 Å². The lowest BCUT2D eigenvalue weighted by molar-refractivity contribution is 0.242. The first-order valence-corrected chi connectivity index (χ1v) is 10.2. The predicted octanol–water partition coefficient (Wildman–Crippen LogP) is 4.48. The summed E-state index contributed by atoms with van der Waals surface area (Å²) in [7, 11) is 0. The molecule has 0 radical (unpaired) electrons. The summed E-state index contributed by atoms with van der Waals surface area (Å²) in [5.41, 5.74) is 9.70. The fourth-order valence-corrected chi connectivity index (χ4v) is 3.72. The number of nitrogens with zero attached hydrogens (tertiary/aromatic N) is 2. The van der Waals surface area contributed by atoms with Crippen molar-refractivity contribution in [2.75, 3.05) is 6.61 Å². The van der Waals surface area contributed by atoms with Crippen LogP contribution >= 0.6 is 0 Å². The first-order chi connectivity index (χ1) is 15.0. The van der Waals surface area contributed by atoms with Crippen LogP contribution in [-0.2, 0) is 0 Å². The highest BCUT2D eigenvalue weighted by Crippen LogP contribution is 2.46. The number of allylic oxidation sites excluding steroid dienone is 1. The van der Waals surface area contributed by atoms with E-state index in [1.165, 1.54) is 0 Å². The molecule has 31 heavy (non-hydrogen) atoms. The zero-order valence-electron chi connectivity index (χ0n) is 17.7. The van der Waals surface area contributed by atoms with Crippen LogP contribution < -0.4 is 19.9 Å². The van der Waals surface area contributed by atoms with Crippen molar-refractivity contribution >= 4 is 0 Å². The van der Waals surface area contributed by atoms with Gasteiger partial charge in [-0.2, -0.15) is 5.26 Å². The van der Waals surface area contributed by atoms with E-state index in [1.54, 1.807) is 0 Å². The number of aromatic amines is 1. The molecule has 4 rings (SSSR count). The maximum atomic E-state index is 9.86. The molecule has 1 atom stereocenters. The minimum Gasteiger partial charge on any atom is -0.494 e. The highest BCUT2D eigenvalue weighted by atomic mass is 16.5. The van der Waals surface area contributed by atoms with Crippen LogP contribution in [0.2, 0.25) is 0 Å². The highest BCUT2D eigenvalue weighted by molar-refractivity contribution is 5.71. The SMILES string of the molecule is CCOc1cccc(-c2[nH]nc3c2C(c2ccc(OC(C)C)cc2)C(C#N)=C(N)O3)c1. The third kappa shape index (κ3) is 3.92. The van der Waals surface area contributed by atoms with Gasteiger partial charge in [-0.25, -0.2) is 0 Å². The topological polar surface area (TPSA) is 106 Å². The van der Waals surface area contributed by atoms with Crippen LogP contribution in [0.3, 0.4) is 0 Å². The maximum Gasteiger partial charge on any atom is 0.244 e.